The van der Waals surface area contributed by atoms with E-state index in [1.807, 2.05) is 24.3 Å². The Morgan fingerprint density at radius 1 is 1.61 bits per heavy atom. The van der Waals surface area contributed by atoms with E-state index < -0.39 is 12.1 Å². The molecule has 1 unspecified atom stereocenters. The largest absolute Gasteiger partial charge is 0.479 e. The molecular weight excluding hydrogens is 232 g/mol. The predicted molar refractivity (Wildman–Crippen MR) is 67.7 cm³/mol. The fraction of sp³-hybridized carbons (Fsp3) is 0.385. The van der Waals surface area contributed by atoms with Crippen LogP contribution in [0.15, 0.2) is 29.3 Å². The third kappa shape index (κ3) is 3.07. The second-order valence-corrected chi connectivity index (χ2v) is 4.15. The van der Waals surface area contributed by atoms with Crippen molar-refractivity contribution in [1.29, 1.82) is 0 Å². The van der Waals surface area contributed by atoms with Crippen LogP contribution in [0.5, 0.6) is 0 Å². The first kappa shape index (κ1) is 12.6. The number of aliphatic imine (C=N–C) groups is 1. The zero-order chi connectivity index (χ0) is 13.0. The topological polar surface area (TPSA) is 70.9 Å². The van der Waals surface area contributed by atoms with E-state index in [2.05, 4.69) is 10.3 Å². The van der Waals surface area contributed by atoms with Crippen molar-refractivity contribution < 1.29 is 14.6 Å². The third-order valence-electron chi connectivity index (χ3n) is 2.72. The molecule has 0 fully saturated rings. The lowest BCUT2D eigenvalue weighted by Gasteiger charge is -2.09. The molecule has 1 aromatic carbocycles. The average Bonchev–Trinajstić information content (AvgIpc) is 2.90. The molecule has 1 heterocycles. The molecule has 0 amide bonds. The Kier molecular flexibility index (Phi) is 3.94. The van der Waals surface area contributed by atoms with Crippen LogP contribution in [-0.2, 0) is 16.1 Å². The zero-order valence-electron chi connectivity index (χ0n) is 10.2. The summed E-state index contributed by atoms with van der Waals surface area (Å²) < 4.78 is 5.25. The smallest absolute Gasteiger partial charge is 0.332 e. The molecular formula is C13H16N2O3. The summed E-state index contributed by atoms with van der Waals surface area (Å²) in [6, 6.07) is 7.77. The summed E-state index contributed by atoms with van der Waals surface area (Å²) in [7, 11) is 0. The normalized spacial score (nSPS) is 15.9. The standard InChI is InChI=1S/C13H16N2O3/c1-9(13(16)17)18-8-10-3-2-4-11(7-10)12-14-5-6-15-12/h2-4,7,9H,5-6,8H2,1H3,(H,14,15)(H,16,17). The van der Waals surface area contributed by atoms with Gasteiger partial charge in [0.25, 0.3) is 0 Å². The Balaban J connectivity index is 2.01. The molecule has 0 radical (unpaired) electrons. The molecule has 1 atom stereocenters. The lowest BCUT2D eigenvalue weighted by atomic mass is 10.1. The summed E-state index contributed by atoms with van der Waals surface area (Å²) in [5, 5.41) is 11.9. The summed E-state index contributed by atoms with van der Waals surface area (Å²) in [5.41, 5.74) is 1.95. The molecule has 96 valence electrons. The van der Waals surface area contributed by atoms with Gasteiger partial charge in [-0.1, -0.05) is 18.2 Å². The van der Waals surface area contributed by atoms with Crippen LogP contribution < -0.4 is 5.32 Å². The van der Waals surface area contributed by atoms with Gasteiger partial charge in [-0.2, -0.15) is 0 Å². The quantitative estimate of drug-likeness (QED) is 0.816. The second-order valence-electron chi connectivity index (χ2n) is 4.15. The molecule has 5 heteroatoms. The Morgan fingerprint density at radius 2 is 2.44 bits per heavy atom. The number of nitrogens with zero attached hydrogens (tertiary/aromatic N) is 1. The highest BCUT2D eigenvalue weighted by Gasteiger charge is 2.12. The maximum absolute atomic E-state index is 10.6. The number of nitrogens with one attached hydrogen (secondary N) is 1. The Labute approximate surface area is 105 Å². The number of amidine groups is 1. The number of carboxylic acids is 1. The number of hydrogen-bond acceptors (Lipinski definition) is 4. The minimum absolute atomic E-state index is 0.286. The van der Waals surface area contributed by atoms with Gasteiger partial charge >= 0.3 is 5.97 Å². The van der Waals surface area contributed by atoms with Gasteiger partial charge in [0, 0.05) is 12.1 Å². The molecule has 1 aromatic rings. The zero-order valence-corrected chi connectivity index (χ0v) is 10.2. The van der Waals surface area contributed by atoms with Crippen LogP contribution >= 0.6 is 0 Å². The summed E-state index contributed by atoms with van der Waals surface area (Å²) in [4.78, 5) is 15.0. The summed E-state index contributed by atoms with van der Waals surface area (Å²) >= 11 is 0. The molecule has 0 aliphatic carbocycles. The molecule has 1 aliphatic rings. The van der Waals surface area contributed by atoms with Crippen LogP contribution in [0, 0.1) is 0 Å². The first-order chi connectivity index (χ1) is 8.66. The minimum atomic E-state index is -0.951. The van der Waals surface area contributed by atoms with Gasteiger partial charge in [0.15, 0.2) is 6.10 Å². The molecule has 0 bridgehead atoms. The van der Waals surface area contributed by atoms with Crippen molar-refractivity contribution in [2.75, 3.05) is 13.1 Å². The average molecular weight is 248 g/mol. The molecule has 1 aliphatic heterocycles. The first-order valence-electron chi connectivity index (χ1n) is 5.89. The molecule has 2 rings (SSSR count). The van der Waals surface area contributed by atoms with Crippen LogP contribution in [0.3, 0.4) is 0 Å². The van der Waals surface area contributed by atoms with E-state index in [4.69, 9.17) is 9.84 Å². The molecule has 2 N–H and O–H groups in total. The lowest BCUT2D eigenvalue weighted by Crippen LogP contribution is -2.20. The second kappa shape index (κ2) is 5.64. The van der Waals surface area contributed by atoms with E-state index in [-0.39, 0.29) is 6.61 Å². The summed E-state index contributed by atoms with van der Waals surface area (Å²) in [5.74, 6) is -0.0591. The maximum atomic E-state index is 10.6. The predicted octanol–water partition coefficient (Wildman–Crippen LogP) is 1.03. The van der Waals surface area contributed by atoms with E-state index in [1.54, 1.807) is 0 Å². The van der Waals surface area contributed by atoms with Gasteiger partial charge in [0.1, 0.15) is 5.84 Å². The number of benzene rings is 1. The third-order valence-corrected chi connectivity index (χ3v) is 2.72. The van der Waals surface area contributed by atoms with Gasteiger partial charge in [-0.25, -0.2) is 4.79 Å². The van der Waals surface area contributed by atoms with Crippen molar-refractivity contribution in [2.45, 2.75) is 19.6 Å². The highest BCUT2D eigenvalue weighted by Crippen LogP contribution is 2.09. The molecule has 18 heavy (non-hydrogen) atoms. The summed E-state index contributed by atoms with van der Waals surface area (Å²) in [6.07, 6.45) is -0.796. The van der Waals surface area contributed by atoms with E-state index in [0.717, 1.165) is 30.1 Å². The van der Waals surface area contributed by atoms with Crippen LogP contribution in [0.25, 0.3) is 0 Å². The van der Waals surface area contributed by atoms with Crippen molar-refractivity contribution in [3.8, 4) is 0 Å². The Morgan fingerprint density at radius 3 is 3.11 bits per heavy atom. The fourth-order valence-electron chi connectivity index (χ4n) is 1.69. The minimum Gasteiger partial charge on any atom is -0.479 e. The van der Waals surface area contributed by atoms with E-state index in [9.17, 15) is 4.79 Å². The monoisotopic (exact) mass is 248 g/mol. The number of carboxylic acid groups (broad SMARTS) is 1. The van der Waals surface area contributed by atoms with E-state index in [0.29, 0.717) is 0 Å². The van der Waals surface area contributed by atoms with Gasteiger partial charge in [-0.3, -0.25) is 4.99 Å². The maximum Gasteiger partial charge on any atom is 0.332 e. The number of ether oxygens (including phenoxy) is 1. The number of rotatable bonds is 5. The van der Waals surface area contributed by atoms with Gasteiger partial charge in [0.05, 0.1) is 13.2 Å². The van der Waals surface area contributed by atoms with E-state index in [1.165, 1.54) is 6.92 Å². The van der Waals surface area contributed by atoms with Gasteiger partial charge in [-0.15, -0.1) is 0 Å². The SMILES string of the molecule is CC(OCc1cccc(C2=NCCN2)c1)C(=O)O. The molecule has 0 saturated carbocycles. The van der Waals surface area contributed by atoms with Gasteiger partial charge in [-0.05, 0) is 18.6 Å². The number of carbonyl (C=O) groups is 1. The highest BCUT2D eigenvalue weighted by molar-refractivity contribution is 5.99. The number of hydrogen-bond donors (Lipinski definition) is 2. The highest BCUT2D eigenvalue weighted by atomic mass is 16.5. The van der Waals surface area contributed by atoms with Crippen LogP contribution in [-0.4, -0.2) is 36.1 Å². The molecule has 0 aromatic heterocycles. The first-order valence-corrected chi connectivity index (χ1v) is 5.89. The van der Waals surface area contributed by atoms with Gasteiger partial charge < -0.3 is 15.2 Å². The van der Waals surface area contributed by atoms with E-state index >= 15 is 0 Å². The fourth-order valence-corrected chi connectivity index (χ4v) is 1.69. The number of aliphatic carboxylic acids is 1. The van der Waals surface area contributed by atoms with Gasteiger partial charge in [0.2, 0.25) is 0 Å². The molecule has 0 saturated heterocycles. The molecule has 5 nitrogen and oxygen atoms in total. The van der Waals surface area contributed by atoms with Crippen LogP contribution in [0.1, 0.15) is 18.1 Å². The van der Waals surface area contributed by atoms with Crippen molar-refractivity contribution in [3.63, 3.8) is 0 Å². The lowest BCUT2D eigenvalue weighted by molar-refractivity contribution is -0.149. The van der Waals surface area contributed by atoms with Crippen LogP contribution in [0.4, 0.5) is 0 Å². The van der Waals surface area contributed by atoms with Crippen molar-refractivity contribution >= 4 is 11.8 Å². The molecule has 0 spiro atoms. The summed E-state index contributed by atoms with van der Waals surface area (Å²) in [6.45, 7) is 3.47. The Hall–Kier alpha value is -1.88. The van der Waals surface area contributed by atoms with Crippen LogP contribution in [0.2, 0.25) is 0 Å². The van der Waals surface area contributed by atoms with Crippen molar-refractivity contribution in [2.24, 2.45) is 4.99 Å². The Bertz CT molecular complexity index is 471. The van der Waals surface area contributed by atoms with Crippen molar-refractivity contribution in [1.82, 2.24) is 5.32 Å². The van der Waals surface area contributed by atoms with Crippen molar-refractivity contribution in [3.05, 3.63) is 35.4 Å².